The van der Waals surface area contributed by atoms with E-state index in [1.54, 1.807) is 31.4 Å². The molecular weight excluding hydrogens is 508 g/mol. The van der Waals surface area contributed by atoms with Crippen LogP contribution in [-0.4, -0.2) is 64.6 Å². The number of rotatable bonds is 8. The number of amides is 2. The molecule has 0 spiro atoms. The van der Waals surface area contributed by atoms with Gasteiger partial charge in [0, 0.05) is 42.2 Å². The van der Waals surface area contributed by atoms with E-state index >= 15 is 0 Å². The lowest BCUT2D eigenvalue weighted by atomic mass is 9.75. The second kappa shape index (κ2) is 12.3. The van der Waals surface area contributed by atoms with Crippen molar-refractivity contribution in [1.82, 2.24) is 9.88 Å². The fourth-order valence-corrected chi connectivity index (χ4v) is 7.55. The molecule has 2 unspecified atom stereocenters. The molecule has 1 aromatic heterocycles. The molecule has 0 radical (unpaired) electrons. The van der Waals surface area contributed by atoms with E-state index in [-0.39, 0.29) is 41.5 Å². The number of hydrogen-bond acceptors (Lipinski definition) is 5. The fourth-order valence-electron chi connectivity index (χ4n) is 7.55. The molecule has 1 saturated heterocycles. The summed E-state index contributed by atoms with van der Waals surface area (Å²) in [6, 6.07) is 6.59. The molecular formula is C31H44N4O5. The van der Waals surface area contributed by atoms with E-state index in [0.717, 1.165) is 64.2 Å². The summed E-state index contributed by atoms with van der Waals surface area (Å²) in [7, 11) is 1.76. The summed E-state index contributed by atoms with van der Waals surface area (Å²) >= 11 is 0. The van der Waals surface area contributed by atoms with Crippen molar-refractivity contribution in [2.75, 3.05) is 19.0 Å². The molecule has 2 aliphatic carbocycles. The SMILES string of the molecule is CCC(N)C1CCC(C(=O)N2CCC(C3CCC(OC)CC3)[C@H]2C(=O)Nc2ccc3[nH]c(C(=O)O)cc3c2)CC1. The first-order chi connectivity index (χ1) is 19.3. The lowest BCUT2D eigenvalue weighted by Gasteiger charge is -2.37. The standard InChI is InChI=1S/C31H44N4O5/c1-3-25(32)19-4-6-20(7-5-19)30(37)35-15-14-24(18-8-11-23(40-2)12-9-18)28(35)29(36)33-22-10-13-26-21(16-22)17-27(34-26)31(38)39/h10,13,16-20,23-25,28,34H,3-9,11-12,14-15,32H2,1-2H3,(H,33,36)(H,38,39)/t18?,19?,20?,23?,24?,25?,28-/m0/s1. The average molecular weight is 553 g/mol. The van der Waals surface area contributed by atoms with E-state index < -0.39 is 12.0 Å². The third kappa shape index (κ3) is 5.91. The van der Waals surface area contributed by atoms with Crippen molar-refractivity contribution in [1.29, 1.82) is 0 Å². The Morgan fingerprint density at radius 1 is 1.07 bits per heavy atom. The van der Waals surface area contributed by atoms with Gasteiger partial charge in [0.2, 0.25) is 11.8 Å². The van der Waals surface area contributed by atoms with Crippen molar-refractivity contribution < 1.29 is 24.2 Å². The first kappa shape index (κ1) is 28.6. The Morgan fingerprint density at radius 3 is 2.45 bits per heavy atom. The van der Waals surface area contributed by atoms with Crippen molar-refractivity contribution in [3.63, 3.8) is 0 Å². The number of benzene rings is 1. The summed E-state index contributed by atoms with van der Waals surface area (Å²) in [5.74, 6) is -0.156. The van der Waals surface area contributed by atoms with Gasteiger partial charge in [0.25, 0.3) is 0 Å². The Labute approximate surface area is 236 Å². The topological polar surface area (TPSA) is 138 Å². The number of aromatic nitrogens is 1. The Balaban J connectivity index is 1.34. The van der Waals surface area contributed by atoms with Gasteiger partial charge in [-0.15, -0.1) is 0 Å². The summed E-state index contributed by atoms with van der Waals surface area (Å²) in [5, 5.41) is 13.1. The lowest BCUT2D eigenvalue weighted by Crippen LogP contribution is -2.50. The first-order valence-electron chi connectivity index (χ1n) is 15.0. The van der Waals surface area contributed by atoms with Gasteiger partial charge in [-0.3, -0.25) is 9.59 Å². The van der Waals surface area contributed by atoms with Gasteiger partial charge < -0.3 is 30.8 Å². The van der Waals surface area contributed by atoms with Crippen LogP contribution in [0, 0.1) is 23.7 Å². The van der Waals surface area contributed by atoms with Crippen LogP contribution in [0.2, 0.25) is 0 Å². The molecule has 9 heteroatoms. The van der Waals surface area contributed by atoms with Crippen LogP contribution < -0.4 is 11.1 Å². The number of nitrogens with one attached hydrogen (secondary N) is 2. The maximum atomic E-state index is 14.0. The monoisotopic (exact) mass is 552 g/mol. The van der Waals surface area contributed by atoms with Gasteiger partial charge in [0.1, 0.15) is 11.7 Å². The highest BCUT2D eigenvalue weighted by atomic mass is 16.5. The number of carbonyl (C=O) groups excluding carboxylic acids is 2. The fraction of sp³-hybridized carbons (Fsp3) is 0.645. The van der Waals surface area contributed by atoms with E-state index in [1.165, 1.54) is 0 Å². The van der Waals surface area contributed by atoms with Gasteiger partial charge >= 0.3 is 5.97 Å². The van der Waals surface area contributed by atoms with Crippen LogP contribution in [0.1, 0.15) is 81.6 Å². The molecule has 3 atom stereocenters. The maximum Gasteiger partial charge on any atom is 0.352 e. The maximum absolute atomic E-state index is 14.0. The van der Waals surface area contributed by atoms with Gasteiger partial charge in [0.05, 0.1) is 6.10 Å². The highest BCUT2D eigenvalue weighted by Gasteiger charge is 2.47. The normalized spacial score (nSPS) is 29.8. The summed E-state index contributed by atoms with van der Waals surface area (Å²) in [6.07, 6.45) is 9.64. The minimum atomic E-state index is -1.03. The number of fused-ring (bicyclic) bond motifs is 1. The molecule has 3 aliphatic rings. The van der Waals surface area contributed by atoms with Crippen LogP contribution in [0.3, 0.4) is 0 Å². The van der Waals surface area contributed by atoms with Gasteiger partial charge in [-0.25, -0.2) is 4.79 Å². The number of H-pyrrole nitrogens is 1. The van der Waals surface area contributed by atoms with Crippen LogP contribution in [0.5, 0.6) is 0 Å². The molecule has 9 nitrogen and oxygen atoms in total. The third-order valence-corrected chi connectivity index (χ3v) is 9.97. The van der Waals surface area contributed by atoms with Gasteiger partial charge in [-0.2, -0.15) is 0 Å². The highest BCUT2D eigenvalue weighted by molar-refractivity contribution is 6.00. The minimum absolute atomic E-state index is 0.0516. The van der Waals surface area contributed by atoms with E-state index in [4.69, 9.17) is 10.5 Å². The Kier molecular flexibility index (Phi) is 8.80. The van der Waals surface area contributed by atoms with Crippen LogP contribution in [0.4, 0.5) is 5.69 Å². The van der Waals surface area contributed by atoms with E-state index in [9.17, 15) is 19.5 Å². The molecule has 1 aromatic carbocycles. The second-order valence-electron chi connectivity index (χ2n) is 12.2. The summed E-state index contributed by atoms with van der Waals surface area (Å²) in [4.78, 5) is 44.0. The first-order valence-corrected chi connectivity index (χ1v) is 15.0. The molecule has 40 heavy (non-hydrogen) atoms. The molecule has 2 amide bonds. The van der Waals surface area contributed by atoms with Gasteiger partial charge in [-0.1, -0.05) is 6.92 Å². The molecule has 2 saturated carbocycles. The molecule has 3 fully saturated rings. The highest BCUT2D eigenvalue weighted by Crippen LogP contribution is 2.42. The quantitative estimate of drug-likeness (QED) is 0.372. The minimum Gasteiger partial charge on any atom is -0.477 e. The predicted molar refractivity (Wildman–Crippen MR) is 154 cm³/mol. The number of likely N-dealkylation sites (tertiary alicyclic amines) is 1. The number of hydrogen-bond donors (Lipinski definition) is 4. The molecule has 218 valence electrons. The van der Waals surface area contributed by atoms with Gasteiger partial charge in [0.15, 0.2) is 0 Å². The van der Waals surface area contributed by atoms with Crippen molar-refractivity contribution in [2.45, 2.75) is 89.3 Å². The zero-order valence-electron chi connectivity index (χ0n) is 23.7. The van der Waals surface area contributed by atoms with Crippen molar-refractivity contribution >= 4 is 34.4 Å². The van der Waals surface area contributed by atoms with Crippen molar-refractivity contribution in [3.05, 3.63) is 30.0 Å². The summed E-state index contributed by atoms with van der Waals surface area (Å²) in [5.41, 5.74) is 7.71. The zero-order valence-corrected chi connectivity index (χ0v) is 23.7. The Bertz CT molecular complexity index is 1210. The average Bonchev–Trinajstić information content (AvgIpc) is 3.61. The van der Waals surface area contributed by atoms with Crippen molar-refractivity contribution in [2.24, 2.45) is 29.4 Å². The van der Waals surface area contributed by atoms with Crippen LogP contribution in [0.25, 0.3) is 10.9 Å². The number of aromatic carboxylic acids is 1. The smallest absolute Gasteiger partial charge is 0.352 e. The molecule has 2 heterocycles. The largest absolute Gasteiger partial charge is 0.477 e. The van der Waals surface area contributed by atoms with E-state index in [2.05, 4.69) is 17.2 Å². The number of methoxy groups -OCH3 is 1. The molecule has 0 bridgehead atoms. The van der Waals surface area contributed by atoms with Gasteiger partial charge in [-0.05, 0) is 106 Å². The molecule has 1 aliphatic heterocycles. The number of carboxylic acid groups (broad SMARTS) is 1. The summed E-state index contributed by atoms with van der Waals surface area (Å²) in [6.45, 7) is 2.73. The second-order valence-corrected chi connectivity index (χ2v) is 12.2. The van der Waals surface area contributed by atoms with E-state index in [0.29, 0.717) is 35.0 Å². The van der Waals surface area contributed by atoms with E-state index in [1.807, 2.05) is 4.90 Å². The molecule has 5 rings (SSSR count). The Morgan fingerprint density at radius 2 is 1.80 bits per heavy atom. The number of anilines is 1. The predicted octanol–water partition coefficient (Wildman–Crippen LogP) is 4.77. The van der Waals surface area contributed by atoms with Crippen molar-refractivity contribution in [3.8, 4) is 0 Å². The number of ether oxygens (including phenoxy) is 1. The number of nitrogens with zero attached hydrogens (tertiary/aromatic N) is 1. The Hall–Kier alpha value is -2.91. The van der Waals surface area contributed by atoms with Crippen LogP contribution in [0.15, 0.2) is 24.3 Å². The molecule has 5 N–H and O–H groups in total. The zero-order chi connectivity index (χ0) is 28.4. The lowest BCUT2D eigenvalue weighted by molar-refractivity contribution is -0.142. The molecule has 2 aromatic rings. The number of aromatic amines is 1. The number of nitrogens with two attached hydrogens (primary N) is 1. The number of carbonyl (C=O) groups is 3. The van der Waals surface area contributed by atoms with Crippen LogP contribution in [-0.2, 0) is 14.3 Å². The summed E-state index contributed by atoms with van der Waals surface area (Å²) < 4.78 is 5.59. The number of carboxylic acids is 1. The van der Waals surface area contributed by atoms with Crippen LogP contribution >= 0.6 is 0 Å². The third-order valence-electron chi connectivity index (χ3n) is 9.97.